The molecule has 26 heavy (non-hydrogen) atoms. The molecule has 0 saturated carbocycles. The summed E-state index contributed by atoms with van der Waals surface area (Å²) in [6, 6.07) is 9.38. The summed E-state index contributed by atoms with van der Waals surface area (Å²) in [6.07, 6.45) is 0. The number of anilines is 1. The predicted molar refractivity (Wildman–Crippen MR) is 102 cm³/mol. The molecule has 0 aliphatic carbocycles. The molecule has 1 aliphatic heterocycles. The van der Waals surface area contributed by atoms with Crippen molar-refractivity contribution in [2.24, 2.45) is 0 Å². The van der Waals surface area contributed by atoms with Crippen LogP contribution in [0.2, 0.25) is 5.02 Å². The van der Waals surface area contributed by atoms with E-state index in [4.69, 9.17) is 21.1 Å². The highest BCUT2D eigenvalue weighted by Gasteiger charge is 2.31. The zero-order chi connectivity index (χ0) is 18.7. The Bertz CT molecular complexity index is 799. The molecule has 8 heteroatoms. The molecule has 0 aromatic heterocycles. The van der Waals surface area contributed by atoms with Crippen LogP contribution in [0.4, 0.5) is 14.9 Å². The van der Waals surface area contributed by atoms with Crippen molar-refractivity contribution in [3.8, 4) is 11.5 Å². The molecule has 0 radical (unpaired) electrons. The molecule has 0 spiro atoms. The smallest absolute Gasteiger partial charge is 0.323 e. The summed E-state index contributed by atoms with van der Waals surface area (Å²) in [5.74, 6) is 1.61. The molecular weight excluding hydrogens is 379 g/mol. The largest absolute Gasteiger partial charge is 0.497 e. The van der Waals surface area contributed by atoms with E-state index in [-0.39, 0.29) is 16.4 Å². The van der Waals surface area contributed by atoms with Gasteiger partial charge >= 0.3 is 6.03 Å². The first kappa shape index (κ1) is 18.7. The minimum absolute atomic E-state index is 0.0346. The third-order valence-electron chi connectivity index (χ3n) is 3.98. The molecule has 0 unspecified atom stereocenters. The van der Waals surface area contributed by atoms with E-state index in [1.54, 1.807) is 36.9 Å². The van der Waals surface area contributed by atoms with Crippen LogP contribution in [0.5, 0.6) is 11.5 Å². The molecule has 1 heterocycles. The first-order valence-electron chi connectivity index (χ1n) is 7.89. The second kappa shape index (κ2) is 8.05. The van der Waals surface area contributed by atoms with E-state index >= 15 is 0 Å². The van der Waals surface area contributed by atoms with Crippen LogP contribution in [0, 0.1) is 5.82 Å². The van der Waals surface area contributed by atoms with E-state index in [0.29, 0.717) is 23.7 Å². The summed E-state index contributed by atoms with van der Waals surface area (Å²) >= 11 is 7.43. The number of halogens is 2. The maximum Gasteiger partial charge on any atom is 0.323 e. The Hall–Kier alpha value is -2.12. The van der Waals surface area contributed by atoms with Crippen molar-refractivity contribution < 1.29 is 18.7 Å². The highest BCUT2D eigenvalue weighted by molar-refractivity contribution is 7.99. The predicted octanol–water partition coefficient (Wildman–Crippen LogP) is 4.78. The Labute approximate surface area is 160 Å². The quantitative estimate of drug-likeness (QED) is 0.808. The van der Waals surface area contributed by atoms with Crippen molar-refractivity contribution in [1.29, 1.82) is 0 Å². The van der Waals surface area contributed by atoms with Crippen molar-refractivity contribution in [3.63, 3.8) is 0 Å². The van der Waals surface area contributed by atoms with Gasteiger partial charge in [0, 0.05) is 24.1 Å². The lowest BCUT2D eigenvalue weighted by molar-refractivity contribution is 0.214. The van der Waals surface area contributed by atoms with Gasteiger partial charge in [-0.3, -0.25) is 0 Å². The van der Waals surface area contributed by atoms with Crippen LogP contribution in [0.15, 0.2) is 36.4 Å². The number of carbonyl (C=O) groups excluding carboxylic acids is 1. The van der Waals surface area contributed by atoms with Gasteiger partial charge in [0.2, 0.25) is 0 Å². The van der Waals surface area contributed by atoms with Gasteiger partial charge in [-0.2, -0.15) is 0 Å². The summed E-state index contributed by atoms with van der Waals surface area (Å²) in [4.78, 5) is 14.4. The van der Waals surface area contributed by atoms with E-state index in [0.717, 1.165) is 11.3 Å². The number of carbonyl (C=O) groups is 1. The summed E-state index contributed by atoms with van der Waals surface area (Å²) in [7, 11) is 3.17. The lowest BCUT2D eigenvalue weighted by atomic mass is 10.2. The average Bonchev–Trinajstić information content (AvgIpc) is 3.14. The van der Waals surface area contributed by atoms with Gasteiger partial charge in [-0.15, -0.1) is 11.8 Å². The molecule has 138 valence electrons. The summed E-state index contributed by atoms with van der Waals surface area (Å²) in [6.45, 7) is 0.593. The molecule has 1 fully saturated rings. The van der Waals surface area contributed by atoms with Crippen LogP contribution in [0.3, 0.4) is 0 Å². The van der Waals surface area contributed by atoms with E-state index in [2.05, 4.69) is 5.32 Å². The van der Waals surface area contributed by atoms with Gasteiger partial charge in [0.15, 0.2) is 0 Å². The molecule has 1 N–H and O–H groups in total. The molecule has 2 amide bonds. The zero-order valence-electron chi connectivity index (χ0n) is 14.3. The number of ether oxygens (including phenoxy) is 2. The van der Waals surface area contributed by atoms with Crippen molar-refractivity contribution in [3.05, 3.63) is 52.8 Å². The number of thioether (sulfide) groups is 1. The number of urea groups is 1. The van der Waals surface area contributed by atoms with Crippen LogP contribution in [-0.4, -0.2) is 37.4 Å². The fraction of sp³-hybridized carbons (Fsp3) is 0.278. The number of hydrogen-bond donors (Lipinski definition) is 1. The number of methoxy groups -OCH3 is 2. The van der Waals surface area contributed by atoms with Gasteiger partial charge in [0.25, 0.3) is 0 Å². The Morgan fingerprint density at radius 1 is 1.23 bits per heavy atom. The topological polar surface area (TPSA) is 50.8 Å². The molecule has 3 rings (SSSR count). The number of benzene rings is 2. The fourth-order valence-corrected chi connectivity index (χ4v) is 4.11. The van der Waals surface area contributed by atoms with Gasteiger partial charge in [0.1, 0.15) is 22.7 Å². The number of nitrogens with one attached hydrogen (secondary N) is 1. The number of nitrogens with zero attached hydrogens (tertiary/aromatic N) is 1. The second-order valence-electron chi connectivity index (χ2n) is 5.62. The second-order valence-corrected chi connectivity index (χ2v) is 7.22. The molecule has 1 aliphatic rings. The van der Waals surface area contributed by atoms with Crippen molar-refractivity contribution in [2.75, 3.05) is 31.8 Å². The molecule has 2 aromatic rings. The Balaban J connectivity index is 1.81. The monoisotopic (exact) mass is 396 g/mol. The summed E-state index contributed by atoms with van der Waals surface area (Å²) in [5.41, 5.74) is 1.36. The summed E-state index contributed by atoms with van der Waals surface area (Å²) < 4.78 is 23.9. The SMILES string of the molecule is COc1cc(OC)cc([C@@H]2SCCN2C(=O)Nc2ccc(F)c(Cl)c2)c1. The third kappa shape index (κ3) is 3.99. The van der Waals surface area contributed by atoms with Gasteiger partial charge in [-0.25, -0.2) is 9.18 Å². The van der Waals surface area contributed by atoms with Gasteiger partial charge in [-0.1, -0.05) is 11.6 Å². The number of hydrogen-bond acceptors (Lipinski definition) is 4. The Morgan fingerprint density at radius 2 is 1.92 bits per heavy atom. The first-order chi connectivity index (χ1) is 12.5. The van der Waals surface area contributed by atoms with Gasteiger partial charge < -0.3 is 19.7 Å². The lowest BCUT2D eigenvalue weighted by Gasteiger charge is -2.25. The average molecular weight is 397 g/mol. The van der Waals surface area contributed by atoms with Crippen LogP contribution in [0.25, 0.3) is 0 Å². The van der Waals surface area contributed by atoms with Crippen LogP contribution in [-0.2, 0) is 0 Å². The van der Waals surface area contributed by atoms with Crippen molar-refractivity contribution in [2.45, 2.75) is 5.37 Å². The number of rotatable bonds is 4. The molecular formula is C18H18ClFN2O3S. The van der Waals surface area contributed by atoms with E-state index < -0.39 is 5.82 Å². The first-order valence-corrected chi connectivity index (χ1v) is 9.31. The molecule has 1 saturated heterocycles. The maximum absolute atomic E-state index is 13.3. The van der Waals surface area contributed by atoms with Gasteiger partial charge in [0.05, 0.1) is 19.2 Å². The standard InChI is InChI=1S/C18H18ClFN2O3S/c1-24-13-7-11(8-14(10-13)25-2)17-22(5-6-26-17)18(23)21-12-3-4-16(20)15(19)9-12/h3-4,7-10,17H,5-6H2,1-2H3,(H,21,23)/t17-/m0/s1. The van der Waals surface area contributed by atoms with Crippen LogP contribution >= 0.6 is 23.4 Å². The normalized spacial score (nSPS) is 16.5. The molecule has 1 atom stereocenters. The van der Waals surface area contributed by atoms with Crippen LogP contribution in [0.1, 0.15) is 10.9 Å². The van der Waals surface area contributed by atoms with Crippen molar-refractivity contribution in [1.82, 2.24) is 4.90 Å². The lowest BCUT2D eigenvalue weighted by Crippen LogP contribution is -2.34. The van der Waals surface area contributed by atoms with E-state index in [1.807, 2.05) is 12.1 Å². The third-order valence-corrected chi connectivity index (χ3v) is 5.53. The van der Waals surface area contributed by atoms with E-state index in [1.165, 1.54) is 18.2 Å². The van der Waals surface area contributed by atoms with E-state index in [9.17, 15) is 9.18 Å². The highest BCUT2D eigenvalue weighted by atomic mass is 35.5. The fourth-order valence-electron chi connectivity index (χ4n) is 2.70. The number of amides is 2. The maximum atomic E-state index is 13.3. The van der Waals surface area contributed by atoms with Crippen molar-refractivity contribution >= 4 is 35.1 Å². The van der Waals surface area contributed by atoms with Crippen LogP contribution < -0.4 is 14.8 Å². The highest BCUT2D eigenvalue weighted by Crippen LogP contribution is 2.41. The molecule has 5 nitrogen and oxygen atoms in total. The molecule has 2 aromatic carbocycles. The zero-order valence-corrected chi connectivity index (χ0v) is 15.9. The minimum Gasteiger partial charge on any atom is -0.497 e. The molecule has 0 bridgehead atoms. The minimum atomic E-state index is -0.525. The van der Waals surface area contributed by atoms with Gasteiger partial charge in [-0.05, 0) is 35.9 Å². The summed E-state index contributed by atoms with van der Waals surface area (Å²) in [5, 5.41) is 2.56. The Kier molecular flexibility index (Phi) is 5.78. The Morgan fingerprint density at radius 3 is 2.54 bits per heavy atom.